The van der Waals surface area contributed by atoms with Crippen LogP contribution < -0.4 is 0 Å². The Hall–Kier alpha value is -2.91. The van der Waals surface area contributed by atoms with Gasteiger partial charge in [0.1, 0.15) is 6.10 Å². The van der Waals surface area contributed by atoms with E-state index in [4.69, 9.17) is 0 Å². The van der Waals surface area contributed by atoms with Gasteiger partial charge in [-0.15, -0.1) is 0 Å². The van der Waals surface area contributed by atoms with Crippen molar-refractivity contribution in [3.8, 4) is 11.8 Å². The highest BCUT2D eigenvalue weighted by Gasteiger charge is 2.28. The summed E-state index contributed by atoms with van der Waals surface area (Å²) in [6.45, 7) is 0. The Kier molecular flexibility index (Phi) is 4.43. The van der Waals surface area contributed by atoms with E-state index in [9.17, 15) is 27.1 Å². The fourth-order valence-corrected chi connectivity index (χ4v) is 2.41. The molecule has 126 valence electrons. The number of aliphatic hydroxyl groups excluding tert-OH is 1. The molecule has 1 atom stereocenters. The van der Waals surface area contributed by atoms with Crippen LogP contribution in [-0.4, -0.2) is 5.11 Å². The van der Waals surface area contributed by atoms with Gasteiger partial charge in [0.2, 0.25) is 5.82 Å². The molecule has 3 aromatic rings. The van der Waals surface area contributed by atoms with E-state index in [1.54, 1.807) is 24.3 Å². The molecule has 3 aromatic carbocycles. The number of benzene rings is 3. The summed E-state index contributed by atoms with van der Waals surface area (Å²) in [6.07, 6.45) is -2.18. The van der Waals surface area contributed by atoms with Crippen molar-refractivity contribution in [1.29, 1.82) is 0 Å². The van der Waals surface area contributed by atoms with Crippen LogP contribution in [0.2, 0.25) is 0 Å². The van der Waals surface area contributed by atoms with Gasteiger partial charge in [0, 0.05) is 5.56 Å². The summed E-state index contributed by atoms with van der Waals surface area (Å²) in [7, 11) is 0. The fourth-order valence-electron chi connectivity index (χ4n) is 2.41. The van der Waals surface area contributed by atoms with Gasteiger partial charge in [-0.3, -0.25) is 0 Å². The van der Waals surface area contributed by atoms with E-state index in [0.717, 1.165) is 10.8 Å². The quantitative estimate of drug-likeness (QED) is 0.294. The topological polar surface area (TPSA) is 20.2 Å². The number of hydrogen-bond acceptors (Lipinski definition) is 1. The van der Waals surface area contributed by atoms with E-state index in [-0.39, 0.29) is 0 Å². The third-order valence-electron chi connectivity index (χ3n) is 3.65. The van der Waals surface area contributed by atoms with Crippen LogP contribution in [-0.2, 0) is 0 Å². The van der Waals surface area contributed by atoms with Gasteiger partial charge in [-0.1, -0.05) is 48.2 Å². The zero-order chi connectivity index (χ0) is 18.1. The molecule has 0 bridgehead atoms. The molecule has 0 heterocycles. The van der Waals surface area contributed by atoms with Crippen molar-refractivity contribution in [1.82, 2.24) is 0 Å². The molecule has 0 radical (unpaired) electrons. The molecule has 0 amide bonds. The maximum absolute atomic E-state index is 13.7. The van der Waals surface area contributed by atoms with Crippen LogP contribution in [0.15, 0.2) is 42.5 Å². The lowest BCUT2D eigenvalue weighted by Gasteiger charge is -2.09. The monoisotopic (exact) mass is 348 g/mol. The van der Waals surface area contributed by atoms with Crippen LogP contribution >= 0.6 is 0 Å². The molecular formula is C19H9F5O. The van der Waals surface area contributed by atoms with E-state index >= 15 is 0 Å². The highest BCUT2D eigenvalue weighted by atomic mass is 19.2. The minimum absolute atomic E-state index is 0.445. The van der Waals surface area contributed by atoms with Crippen LogP contribution in [0.1, 0.15) is 17.2 Å². The Morgan fingerprint density at radius 2 is 1.28 bits per heavy atom. The lowest BCUT2D eigenvalue weighted by Crippen LogP contribution is -2.10. The largest absolute Gasteiger partial charge is 0.376 e. The summed E-state index contributed by atoms with van der Waals surface area (Å²) >= 11 is 0. The van der Waals surface area contributed by atoms with Crippen LogP contribution in [0, 0.1) is 40.9 Å². The maximum atomic E-state index is 13.7. The average molecular weight is 348 g/mol. The first-order valence-electron chi connectivity index (χ1n) is 7.10. The normalized spacial score (nSPS) is 11.9. The smallest absolute Gasteiger partial charge is 0.200 e. The van der Waals surface area contributed by atoms with Gasteiger partial charge in [0.15, 0.2) is 23.3 Å². The molecule has 0 unspecified atom stereocenters. The molecule has 1 N–H and O–H groups in total. The van der Waals surface area contributed by atoms with E-state index < -0.39 is 40.8 Å². The van der Waals surface area contributed by atoms with Crippen LogP contribution in [0.4, 0.5) is 22.0 Å². The van der Waals surface area contributed by atoms with Crippen molar-refractivity contribution in [3.05, 3.63) is 82.7 Å². The lowest BCUT2D eigenvalue weighted by molar-refractivity contribution is 0.219. The Balaban J connectivity index is 2.08. The molecule has 6 heteroatoms. The summed E-state index contributed by atoms with van der Waals surface area (Å²) in [4.78, 5) is 0. The van der Waals surface area contributed by atoms with E-state index in [1.807, 2.05) is 18.2 Å². The average Bonchev–Trinajstić information content (AvgIpc) is 2.63. The summed E-state index contributed by atoms with van der Waals surface area (Å²) in [6, 6.07) is 12.3. The second-order valence-electron chi connectivity index (χ2n) is 5.18. The standard InChI is InChI=1S/C19H9F5O/c20-15-14(16(21)18(23)19(24)17(15)22)13(25)9-8-11-6-3-5-10-4-1-2-7-12(10)11/h1-7,13,25H/t13-/m1/s1. The number of rotatable bonds is 1. The predicted octanol–water partition coefficient (Wildman–Crippen LogP) is 4.62. The number of aliphatic hydroxyl groups is 1. The molecule has 0 saturated heterocycles. The highest BCUT2D eigenvalue weighted by Crippen LogP contribution is 2.27. The minimum Gasteiger partial charge on any atom is -0.376 e. The van der Waals surface area contributed by atoms with Crippen LogP contribution in [0.25, 0.3) is 10.8 Å². The van der Waals surface area contributed by atoms with Crippen molar-refractivity contribution < 1.29 is 27.1 Å². The Labute approximate surface area is 139 Å². The number of fused-ring (bicyclic) bond motifs is 1. The first-order chi connectivity index (χ1) is 11.9. The third-order valence-corrected chi connectivity index (χ3v) is 3.65. The van der Waals surface area contributed by atoms with E-state index in [0.29, 0.717) is 5.56 Å². The third kappa shape index (κ3) is 2.94. The van der Waals surface area contributed by atoms with Crippen molar-refractivity contribution in [2.24, 2.45) is 0 Å². The minimum atomic E-state index is -2.28. The zero-order valence-corrected chi connectivity index (χ0v) is 12.5. The molecule has 1 nitrogen and oxygen atoms in total. The molecule has 0 aromatic heterocycles. The molecule has 0 aliphatic carbocycles. The SMILES string of the molecule is O[C@H](C#Cc1cccc2ccccc12)c1c(F)c(F)c(F)c(F)c1F. The molecule has 0 saturated carbocycles. The molecule has 0 aliphatic heterocycles. The molecule has 25 heavy (non-hydrogen) atoms. The van der Waals surface area contributed by atoms with Gasteiger partial charge in [-0.05, 0) is 16.8 Å². The molecule has 3 rings (SSSR count). The first-order valence-corrected chi connectivity index (χ1v) is 7.10. The molecule has 0 fully saturated rings. The highest BCUT2D eigenvalue weighted by molar-refractivity contribution is 5.88. The first kappa shape index (κ1) is 16.9. The maximum Gasteiger partial charge on any atom is 0.200 e. The molecular weight excluding hydrogens is 339 g/mol. The van der Waals surface area contributed by atoms with Crippen LogP contribution in [0.3, 0.4) is 0 Å². The van der Waals surface area contributed by atoms with E-state index in [1.165, 1.54) is 0 Å². The summed E-state index contributed by atoms with van der Waals surface area (Å²) in [5.41, 5.74) is -0.926. The Morgan fingerprint density at radius 1 is 0.720 bits per heavy atom. The van der Waals surface area contributed by atoms with E-state index in [2.05, 4.69) is 11.8 Å². The zero-order valence-electron chi connectivity index (χ0n) is 12.5. The predicted molar refractivity (Wildman–Crippen MR) is 82.0 cm³/mol. The summed E-state index contributed by atoms with van der Waals surface area (Å²) in [5, 5.41) is 11.4. The molecule has 0 spiro atoms. The number of hydrogen-bond donors (Lipinski definition) is 1. The lowest BCUT2D eigenvalue weighted by atomic mass is 10.0. The number of halogens is 5. The second-order valence-corrected chi connectivity index (χ2v) is 5.18. The van der Waals surface area contributed by atoms with Crippen LogP contribution in [0.5, 0.6) is 0 Å². The van der Waals surface area contributed by atoms with Gasteiger partial charge in [-0.25, -0.2) is 22.0 Å². The van der Waals surface area contributed by atoms with Crippen molar-refractivity contribution in [3.63, 3.8) is 0 Å². The van der Waals surface area contributed by atoms with Crippen molar-refractivity contribution in [2.45, 2.75) is 6.10 Å². The summed E-state index contributed by atoms with van der Waals surface area (Å²) in [5.74, 6) is -6.08. The fraction of sp³-hybridized carbons (Fsp3) is 0.0526. The van der Waals surface area contributed by atoms with Crippen molar-refractivity contribution >= 4 is 10.8 Å². The second kappa shape index (κ2) is 6.54. The Morgan fingerprint density at radius 3 is 1.96 bits per heavy atom. The summed E-state index contributed by atoms with van der Waals surface area (Å²) < 4.78 is 66.8. The van der Waals surface area contributed by atoms with Gasteiger partial charge >= 0.3 is 0 Å². The van der Waals surface area contributed by atoms with Gasteiger partial charge in [-0.2, -0.15) is 0 Å². The van der Waals surface area contributed by atoms with Gasteiger partial charge in [0.25, 0.3) is 0 Å². The molecule has 0 aliphatic rings. The van der Waals surface area contributed by atoms with Gasteiger partial charge in [0.05, 0.1) is 5.56 Å². The van der Waals surface area contributed by atoms with Crippen molar-refractivity contribution in [2.75, 3.05) is 0 Å². The van der Waals surface area contributed by atoms with Gasteiger partial charge < -0.3 is 5.11 Å². The Bertz CT molecular complexity index is 999.